The molecule has 0 aliphatic heterocycles. The van der Waals surface area contributed by atoms with Gasteiger partial charge in [-0.25, -0.2) is 9.97 Å². The summed E-state index contributed by atoms with van der Waals surface area (Å²) in [4.78, 5) is 8.28. The molecular weight excluding hydrogens is 315 g/mol. The van der Waals surface area contributed by atoms with Gasteiger partial charge >= 0.3 is 0 Å². The second kappa shape index (κ2) is 6.83. The minimum atomic E-state index is 0.303. The fourth-order valence-corrected chi connectivity index (χ4v) is 2.39. The first-order chi connectivity index (χ1) is 10.1. The first-order valence-corrected chi connectivity index (χ1v) is 6.80. The summed E-state index contributed by atoms with van der Waals surface area (Å²) in [5.41, 5.74) is 0.892. The van der Waals surface area contributed by atoms with Gasteiger partial charge in [0.2, 0.25) is 5.75 Å². The summed E-state index contributed by atoms with van der Waals surface area (Å²) in [5, 5.41) is 0.606. The predicted molar refractivity (Wildman–Crippen MR) is 81.0 cm³/mol. The molecule has 0 N–H and O–H groups in total. The lowest BCUT2D eigenvalue weighted by atomic mass is 10.1. The molecule has 0 radical (unpaired) electrons. The maximum absolute atomic E-state index is 5.88. The summed E-state index contributed by atoms with van der Waals surface area (Å²) in [6.45, 7) is 0. The molecule has 1 aromatic carbocycles. The molecule has 1 heterocycles. The second-order valence-corrected chi connectivity index (χ2v) is 4.91. The number of aromatic nitrogens is 2. The Bertz CT molecular complexity index is 605. The maximum Gasteiger partial charge on any atom is 0.203 e. The van der Waals surface area contributed by atoms with E-state index < -0.39 is 0 Å². The Balaban J connectivity index is 2.40. The SMILES string of the molecule is COc1cc(Cc2nc(Cl)cc(Cl)n2)cc(OC)c1OC. The molecule has 0 aliphatic rings. The molecule has 0 saturated carbocycles. The van der Waals surface area contributed by atoms with Crippen LogP contribution in [0.25, 0.3) is 0 Å². The highest BCUT2D eigenvalue weighted by molar-refractivity contribution is 6.33. The second-order valence-electron chi connectivity index (χ2n) is 4.14. The molecule has 0 bridgehead atoms. The molecule has 0 spiro atoms. The largest absolute Gasteiger partial charge is 0.493 e. The van der Waals surface area contributed by atoms with E-state index in [0.717, 1.165) is 5.56 Å². The van der Waals surface area contributed by atoms with Gasteiger partial charge < -0.3 is 14.2 Å². The van der Waals surface area contributed by atoms with Crippen LogP contribution in [0.15, 0.2) is 18.2 Å². The Hall–Kier alpha value is -1.72. The van der Waals surface area contributed by atoms with Crippen LogP contribution >= 0.6 is 23.2 Å². The number of hydrogen-bond acceptors (Lipinski definition) is 5. The number of nitrogens with zero attached hydrogens (tertiary/aromatic N) is 2. The fraction of sp³-hybridized carbons (Fsp3) is 0.286. The first-order valence-electron chi connectivity index (χ1n) is 6.05. The van der Waals surface area contributed by atoms with E-state index in [-0.39, 0.29) is 0 Å². The molecule has 5 nitrogen and oxygen atoms in total. The van der Waals surface area contributed by atoms with E-state index in [1.165, 1.54) is 6.07 Å². The number of methoxy groups -OCH3 is 3. The third kappa shape index (κ3) is 3.68. The summed E-state index contributed by atoms with van der Waals surface area (Å²) in [6, 6.07) is 5.15. The molecule has 112 valence electrons. The zero-order valence-corrected chi connectivity index (χ0v) is 13.3. The minimum Gasteiger partial charge on any atom is -0.493 e. The molecule has 1 aromatic heterocycles. The van der Waals surface area contributed by atoms with Gasteiger partial charge in [-0.3, -0.25) is 0 Å². The zero-order valence-electron chi connectivity index (χ0n) is 11.8. The van der Waals surface area contributed by atoms with E-state index in [2.05, 4.69) is 9.97 Å². The van der Waals surface area contributed by atoms with Crippen molar-refractivity contribution in [3.63, 3.8) is 0 Å². The number of halogens is 2. The molecule has 0 fully saturated rings. The van der Waals surface area contributed by atoms with E-state index in [1.54, 1.807) is 21.3 Å². The van der Waals surface area contributed by atoms with Crippen molar-refractivity contribution >= 4 is 23.2 Å². The van der Waals surface area contributed by atoms with Crippen LogP contribution in [0.4, 0.5) is 0 Å². The summed E-state index contributed by atoms with van der Waals surface area (Å²) < 4.78 is 15.9. The molecule has 2 aromatic rings. The van der Waals surface area contributed by atoms with Gasteiger partial charge in [-0.1, -0.05) is 23.2 Å². The third-order valence-corrected chi connectivity index (χ3v) is 3.18. The zero-order chi connectivity index (χ0) is 15.4. The quantitative estimate of drug-likeness (QED) is 0.787. The lowest BCUT2D eigenvalue weighted by Crippen LogP contribution is -2.00. The Kier molecular flexibility index (Phi) is 5.09. The normalized spacial score (nSPS) is 10.3. The van der Waals surface area contributed by atoms with Crippen molar-refractivity contribution < 1.29 is 14.2 Å². The highest BCUT2D eigenvalue weighted by atomic mass is 35.5. The lowest BCUT2D eigenvalue weighted by Gasteiger charge is -2.14. The predicted octanol–water partition coefficient (Wildman–Crippen LogP) is 3.40. The van der Waals surface area contributed by atoms with Crippen molar-refractivity contribution in [3.8, 4) is 17.2 Å². The van der Waals surface area contributed by atoms with E-state index >= 15 is 0 Å². The standard InChI is InChI=1S/C14H14Cl2N2O3/c1-19-9-4-8(5-10(20-2)14(9)21-3)6-13-17-11(15)7-12(16)18-13/h4-5,7H,6H2,1-3H3. The Morgan fingerprint density at radius 2 is 1.38 bits per heavy atom. The third-order valence-electron chi connectivity index (χ3n) is 2.80. The molecule has 0 atom stereocenters. The van der Waals surface area contributed by atoms with Crippen LogP contribution in [-0.4, -0.2) is 31.3 Å². The topological polar surface area (TPSA) is 53.5 Å². The van der Waals surface area contributed by atoms with Crippen molar-refractivity contribution in [1.82, 2.24) is 9.97 Å². The highest BCUT2D eigenvalue weighted by Gasteiger charge is 2.14. The molecule has 7 heteroatoms. The van der Waals surface area contributed by atoms with E-state index in [9.17, 15) is 0 Å². The van der Waals surface area contributed by atoms with Crippen LogP contribution in [0, 0.1) is 0 Å². The number of benzene rings is 1. The van der Waals surface area contributed by atoms with Crippen LogP contribution in [0.1, 0.15) is 11.4 Å². The molecular formula is C14H14Cl2N2O3. The molecule has 0 amide bonds. The van der Waals surface area contributed by atoms with Crippen molar-refractivity contribution in [1.29, 1.82) is 0 Å². The summed E-state index contributed by atoms with van der Waals surface area (Å²) in [7, 11) is 4.68. The Morgan fingerprint density at radius 3 is 1.81 bits per heavy atom. The smallest absolute Gasteiger partial charge is 0.203 e. The van der Waals surface area contributed by atoms with E-state index in [0.29, 0.717) is 39.8 Å². The van der Waals surface area contributed by atoms with Crippen LogP contribution in [0.5, 0.6) is 17.2 Å². The van der Waals surface area contributed by atoms with Crippen LogP contribution in [-0.2, 0) is 6.42 Å². The van der Waals surface area contributed by atoms with Gasteiger partial charge in [-0.15, -0.1) is 0 Å². The van der Waals surface area contributed by atoms with Gasteiger partial charge in [0.25, 0.3) is 0 Å². The number of hydrogen-bond donors (Lipinski definition) is 0. The molecule has 21 heavy (non-hydrogen) atoms. The fourth-order valence-electron chi connectivity index (χ4n) is 1.93. The summed E-state index contributed by atoms with van der Waals surface area (Å²) in [6.07, 6.45) is 0.441. The van der Waals surface area contributed by atoms with Gasteiger partial charge in [0, 0.05) is 12.5 Å². The average Bonchev–Trinajstić information content (AvgIpc) is 2.45. The number of ether oxygens (including phenoxy) is 3. The van der Waals surface area contributed by atoms with Gasteiger partial charge in [0.05, 0.1) is 21.3 Å². The van der Waals surface area contributed by atoms with Gasteiger partial charge in [0.15, 0.2) is 11.5 Å². The number of rotatable bonds is 5. The van der Waals surface area contributed by atoms with Crippen molar-refractivity contribution in [2.75, 3.05) is 21.3 Å². The van der Waals surface area contributed by atoms with Crippen molar-refractivity contribution in [2.24, 2.45) is 0 Å². The van der Waals surface area contributed by atoms with Gasteiger partial charge in [-0.05, 0) is 17.7 Å². The average molecular weight is 329 g/mol. The Morgan fingerprint density at radius 1 is 0.857 bits per heavy atom. The van der Waals surface area contributed by atoms with E-state index in [4.69, 9.17) is 37.4 Å². The molecule has 2 rings (SSSR count). The molecule has 0 saturated heterocycles. The van der Waals surface area contributed by atoms with E-state index in [1.807, 2.05) is 12.1 Å². The molecule has 0 unspecified atom stereocenters. The van der Waals surface area contributed by atoms with Crippen molar-refractivity contribution in [2.45, 2.75) is 6.42 Å². The van der Waals surface area contributed by atoms with Crippen LogP contribution in [0.2, 0.25) is 10.3 Å². The first kappa shape index (κ1) is 15.7. The summed E-state index contributed by atoms with van der Waals surface area (Å²) in [5.74, 6) is 2.19. The maximum atomic E-state index is 5.88. The Labute approximate surface area is 132 Å². The van der Waals surface area contributed by atoms with Gasteiger partial charge in [0.1, 0.15) is 16.1 Å². The van der Waals surface area contributed by atoms with Crippen molar-refractivity contribution in [3.05, 3.63) is 39.9 Å². The van der Waals surface area contributed by atoms with Gasteiger partial charge in [-0.2, -0.15) is 0 Å². The molecule has 0 aliphatic carbocycles. The lowest BCUT2D eigenvalue weighted by molar-refractivity contribution is 0.324. The summed E-state index contributed by atoms with van der Waals surface area (Å²) >= 11 is 11.8. The highest BCUT2D eigenvalue weighted by Crippen LogP contribution is 2.38. The monoisotopic (exact) mass is 328 g/mol. The van der Waals surface area contributed by atoms with Crippen LogP contribution in [0.3, 0.4) is 0 Å². The minimum absolute atomic E-state index is 0.303. The van der Waals surface area contributed by atoms with Crippen LogP contribution < -0.4 is 14.2 Å².